The SMILES string of the molecule is COc1ccc(CN(C)C(=O)C(C)N2CCC(N)C(C)(C)C2)cc1OC.Cl. The quantitative estimate of drug-likeness (QED) is 0.796. The summed E-state index contributed by atoms with van der Waals surface area (Å²) in [6, 6.07) is 5.76. The number of amides is 1. The van der Waals surface area contributed by atoms with E-state index in [0.717, 1.165) is 25.1 Å². The summed E-state index contributed by atoms with van der Waals surface area (Å²) < 4.78 is 10.6. The first-order valence-electron chi connectivity index (χ1n) is 9.15. The fraction of sp³-hybridized carbons (Fsp3) is 0.650. The molecule has 0 spiro atoms. The molecule has 0 bridgehead atoms. The normalized spacial score (nSPS) is 20.3. The van der Waals surface area contributed by atoms with E-state index in [0.29, 0.717) is 18.0 Å². The molecule has 1 aliphatic rings. The lowest BCUT2D eigenvalue weighted by atomic mass is 9.79. The van der Waals surface area contributed by atoms with Gasteiger partial charge < -0.3 is 20.1 Å². The Morgan fingerprint density at radius 3 is 2.52 bits per heavy atom. The van der Waals surface area contributed by atoms with Crippen molar-refractivity contribution >= 4 is 18.3 Å². The summed E-state index contributed by atoms with van der Waals surface area (Å²) in [5.41, 5.74) is 7.25. The molecule has 0 aliphatic carbocycles. The lowest BCUT2D eigenvalue weighted by molar-refractivity contribution is -0.137. The summed E-state index contributed by atoms with van der Waals surface area (Å²) in [6.45, 7) is 8.57. The van der Waals surface area contributed by atoms with Crippen molar-refractivity contribution in [2.24, 2.45) is 11.1 Å². The van der Waals surface area contributed by atoms with Crippen LogP contribution in [0.5, 0.6) is 11.5 Å². The van der Waals surface area contributed by atoms with Gasteiger partial charge in [0.1, 0.15) is 0 Å². The molecule has 1 aromatic carbocycles. The summed E-state index contributed by atoms with van der Waals surface area (Å²) in [6.07, 6.45) is 0.921. The first kappa shape index (κ1) is 23.5. The van der Waals surface area contributed by atoms with Crippen molar-refractivity contribution in [3.8, 4) is 11.5 Å². The average Bonchev–Trinajstić information content (AvgIpc) is 2.62. The Bertz CT molecular complexity index is 639. The number of rotatable bonds is 6. The lowest BCUT2D eigenvalue weighted by Gasteiger charge is -2.45. The van der Waals surface area contributed by atoms with Crippen molar-refractivity contribution < 1.29 is 14.3 Å². The van der Waals surface area contributed by atoms with E-state index in [1.807, 2.05) is 32.2 Å². The van der Waals surface area contributed by atoms with Gasteiger partial charge >= 0.3 is 0 Å². The number of halogens is 1. The molecule has 0 saturated carbocycles. The van der Waals surface area contributed by atoms with Crippen LogP contribution in [0.3, 0.4) is 0 Å². The monoisotopic (exact) mass is 399 g/mol. The molecule has 0 aromatic heterocycles. The highest BCUT2D eigenvalue weighted by Crippen LogP contribution is 2.30. The van der Waals surface area contributed by atoms with Crippen molar-refractivity contribution in [1.29, 1.82) is 0 Å². The minimum Gasteiger partial charge on any atom is -0.493 e. The predicted octanol–water partition coefficient (Wildman–Crippen LogP) is 2.53. The van der Waals surface area contributed by atoms with E-state index in [4.69, 9.17) is 15.2 Å². The molecular weight excluding hydrogens is 366 g/mol. The molecule has 1 fully saturated rings. The van der Waals surface area contributed by atoms with Crippen LogP contribution in [0.15, 0.2) is 18.2 Å². The minimum absolute atomic E-state index is 0. The smallest absolute Gasteiger partial charge is 0.239 e. The molecule has 7 heteroatoms. The number of carbonyl (C=O) groups excluding carboxylic acids is 1. The van der Waals surface area contributed by atoms with Crippen LogP contribution in [0.1, 0.15) is 32.8 Å². The zero-order chi connectivity index (χ0) is 19.5. The Kier molecular flexibility index (Phi) is 8.39. The Morgan fingerprint density at radius 2 is 1.96 bits per heavy atom. The van der Waals surface area contributed by atoms with E-state index in [1.165, 1.54) is 0 Å². The van der Waals surface area contributed by atoms with Crippen molar-refractivity contribution in [2.45, 2.75) is 45.8 Å². The Morgan fingerprint density at radius 1 is 1.33 bits per heavy atom. The van der Waals surface area contributed by atoms with Gasteiger partial charge in [-0.1, -0.05) is 19.9 Å². The maximum Gasteiger partial charge on any atom is 0.239 e. The van der Waals surface area contributed by atoms with Crippen LogP contribution in [0.4, 0.5) is 0 Å². The van der Waals surface area contributed by atoms with Crippen molar-refractivity contribution in [3.63, 3.8) is 0 Å². The third-order valence-corrected chi connectivity index (χ3v) is 5.49. The maximum atomic E-state index is 12.9. The highest BCUT2D eigenvalue weighted by atomic mass is 35.5. The zero-order valence-corrected chi connectivity index (χ0v) is 18.1. The van der Waals surface area contributed by atoms with E-state index in [-0.39, 0.29) is 35.8 Å². The van der Waals surface area contributed by atoms with Crippen LogP contribution in [0.2, 0.25) is 0 Å². The van der Waals surface area contributed by atoms with E-state index in [9.17, 15) is 4.79 Å². The molecule has 2 N–H and O–H groups in total. The fourth-order valence-corrected chi connectivity index (χ4v) is 3.55. The number of hydrogen-bond acceptors (Lipinski definition) is 5. The highest BCUT2D eigenvalue weighted by molar-refractivity contribution is 5.85. The standard InChI is InChI=1S/C20H33N3O3.ClH/c1-14(23-10-9-18(21)20(2,3)13-23)19(24)22(4)12-15-7-8-16(25-5)17(11-15)26-6;/h7-8,11,14,18H,9-10,12-13,21H2,1-6H3;1H. The second-order valence-electron chi connectivity index (χ2n) is 7.91. The number of hydrogen-bond donors (Lipinski definition) is 1. The summed E-state index contributed by atoms with van der Waals surface area (Å²) in [5.74, 6) is 1.47. The first-order valence-corrected chi connectivity index (χ1v) is 9.15. The Labute approximate surface area is 169 Å². The molecule has 2 atom stereocenters. The van der Waals surface area contributed by atoms with Gasteiger partial charge in [0.25, 0.3) is 0 Å². The lowest BCUT2D eigenvalue weighted by Crippen LogP contribution is -2.57. The number of carbonyl (C=O) groups is 1. The van der Waals surface area contributed by atoms with Crippen LogP contribution >= 0.6 is 12.4 Å². The van der Waals surface area contributed by atoms with Gasteiger partial charge in [-0.25, -0.2) is 0 Å². The molecule has 1 aromatic rings. The number of ether oxygens (including phenoxy) is 2. The van der Waals surface area contributed by atoms with Crippen LogP contribution in [-0.2, 0) is 11.3 Å². The molecule has 1 saturated heterocycles. The van der Waals surface area contributed by atoms with E-state index >= 15 is 0 Å². The van der Waals surface area contributed by atoms with Gasteiger partial charge in [-0.05, 0) is 36.5 Å². The number of likely N-dealkylation sites (N-methyl/N-ethyl adjacent to an activating group) is 1. The first-order chi connectivity index (χ1) is 12.2. The molecule has 2 unspecified atom stereocenters. The number of nitrogens with two attached hydrogens (primary N) is 1. The number of benzene rings is 1. The molecule has 154 valence electrons. The van der Waals surface area contributed by atoms with E-state index in [1.54, 1.807) is 19.1 Å². The second kappa shape index (κ2) is 9.62. The predicted molar refractivity (Wildman–Crippen MR) is 111 cm³/mol. The van der Waals surface area contributed by atoms with E-state index < -0.39 is 0 Å². The Hall–Kier alpha value is -1.50. The molecule has 2 rings (SSSR count). The molecule has 1 aliphatic heterocycles. The summed E-state index contributed by atoms with van der Waals surface area (Å²) in [5, 5.41) is 0. The molecular formula is C20H34ClN3O3. The Balaban J connectivity index is 0.00000364. The third kappa shape index (κ3) is 5.50. The van der Waals surface area contributed by atoms with Crippen molar-refractivity contribution in [2.75, 3.05) is 34.4 Å². The van der Waals surface area contributed by atoms with Gasteiger partial charge in [-0.15, -0.1) is 12.4 Å². The van der Waals surface area contributed by atoms with Crippen LogP contribution in [-0.4, -0.2) is 62.1 Å². The largest absolute Gasteiger partial charge is 0.493 e. The molecule has 6 nitrogen and oxygen atoms in total. The van der Waals surface area contributed by atoms with Gasteiger partial charge in [-0.3, -0.25) is 9.69 Å². The zero-order valence-electron chi connectivity index (χ0n) is 17.3. The molecule has 0 radical (unpaired) electrons. The van der Waals surface area contributed by atoms with Gasteiger partial charge in [0, 0.05) is 32.7 Å². The van der Waals surface area contributed by atoms with Crippen molar-refractivity contribution in [1.82, 2.24) is 9.80 Å². The van der Waals surface area contributed by atoms with Gasteiger partial charge in [-0.2, -0.15) is 0 Å². The molecule has 1 heterocycles. The summed E-state index contributed by atoms with van der Waals surface area (Å²) in [7, 11) is 5.07. The molecule has 27 heavy (non-hydrogen) atoms. The minimum atomic E-state index is -0.160. The van der Waals surface area contributed by atoms with E-state index in [2.05, 4.69) is 18.7 Å². The van der Waals surface area contributed by atoms with Crippen molar-refractivity contribution in [3.05, 3.63) is 23.8 Å². The van der Waals surface area contributed by atoms with Gasteiger partial charge in [0.15, 0.2) is 11.5 Å². The third-order valence-electron chi connectivity index (χ3n) is 5.49. The summed E-state index contributed by atoms with van der Waals surface area (Å²) >= 11 is 0. The number of methoxy groups -OCH3 is 2. The number of piperidine rings is 1. The maximum absolute atomic E-state index is 12.9. The average molecular weight is 400 g/mol. The van der Waals surface area contributed by atoms with Gasteiger partial charge in [0.2, 0.25) is 5.91 Å². The highest BCUT2D eigenvalue weighted by Gasteiger charge is 2.37. The number of nitrogens with zero attached hydrogens (tertiary/aromatic N) is 2. The summed E-state index contributed by atoms with van der Waals surface area (Å²) in [4.78, 5) is 16.9. The topological polar surface area (TPSA) is 68.0 Å². The van der Waals surface area contributed by atoms with Crippen LogP contribution in [0.25, 0.3) is 0 Å². The molecule has 1 amide bonds. The fourth-order valence-electron chi connectivity index (χ4n) is 3.55. The second-order valence-corrected chi connectivity index (χ2v) is 7.91. The number of likely N-dealkylation sites (tertiary alicyclic amines) is 1. The van der Waals surface area contributed by atoms with Crippen LogP contribution in [0, 0.1) is 5.41 Å². The van der Waals surface area contributed by atoms with Gasteiger partial charge in [0.05, 0.1) is 20.3 Å². The van der Waals surface area contributed by atoms with Crippen LogP contribution < -0.4 is 15.2 Å².